The number of rotatable bonds is 4. The Kier molecular flexibility index (Phi) is 7.23. The number of aryl methyl sites for hydroxylation is 1. The van der Waals surface area contributed by atoms with Gasteiger partial charge < -0.3 is 14.5 Å². The van der Waals surface area contributed by atoms with Crippen molar-refractivity contribution in [1.82, 2.24) is 14.7 Å². The second-order valence-electron chi connectivity index (χ2n) is 8.78. The number of carbonyl (C=O) groups is 2. The molecule has 2 aliphatic rings. The zero-order chi connectivity index (χ0) is 24.3. The van der Waals surface area contributed by atoms with Crippen molar-refractivity contribution in [2.24, 2.45) is 0 Å². The van der Waals surface area contributed by atoms with E-state index >= 15 is 0 Å². The fourth-order valence-electron chi connectivity index (χ4n) is 4.30. The van der Waals surface area contributed by atoms with E-state index in [1.54, 1.807) is 4.90 Å². The lowest BCUT2D eigenvalue weighted by molar-refractivity contribution is -0.137. The van der Waals surface area contributed by atoms with E-state index in [1.165, 1.54) is 12.1 Å². The molecule has 0 bridgehead atoms. The first-order valence-corrected chi connectivity index (χ1v) is 11.4. The molecule has 2 heterocycles. The van der Waals surface area contributed by atoms with E-state index < -0.39 is 11.7 Å². The molecule has 0 radical (unpaired) electrons. The Labute approximate surface area is 196 Å². The average molecular weight is 476 g/mol. The Balaban J connectivity index is 1.28. The van der Waals surface area contributed by atoms with E-state index in [0.717, 1.165) is 17.7 Å². The Bertz CT molecular complexity index is 1000. The number of hydrogen-bond donors (Lipinski definition) is 0. The number of alkyl halides is 3. The highest BCUT2D eigenvalue weighted by atomic mass is 19.4. The van der Waals surface area contributed by atoms with Crippen molar-refractivity contribution < 1.29 is 27.5 Å². The van der Waals surface area contributed by atoms with Crippen molar-refractivity contribution in [3.8, 4) is 0 Å². The molecule has 4 rings (SSSR count). The zero-order valence-corrected chi connectivity index (χ0v) is 19.1. The van der Waals surface area contributed by atoms with E-state index in [2.05, 4.69) is 4.90 Å². The van der Waals surface area contributed by atoms with Gasteiger partial charge in [-0.25, -0.2) is 0 Å². The lowest BCUT2D eigenvalue weighted by Gasteiger charge is -2.39. The van der Waals surface area contributed by atoms with Crippen molar-refractivity contribution in [3.05, 3.63) is 70.8 Å². The van der Waals surface area contributed by atoms with Crippen LogP contribution in [0.4, 0.5) is 13.2 Å². The standard InChI is InChI=1S/C25H28F3N3O3/c1-18-2-4-19(5-3-18)23(32)30-12-10-29(11-13-30)16-22-17-31(14-15-34-22)24(33)20-6-8-21(9-7-20)25(26,27)28/h2-9,22H,10-17H2,1H3. The molecular weight excluding hydrogens is 447 g/mol. The van der Waals surface area contributed by atoms with Crippen LogP contribution in [-0.4, -0.2) is 85.0 Å². The van der Waals surface area contributed by atoms with Crippen molar-refractivity contribution in [3.63, 3.8) is 0 Å². The monoisotopic (exact) mass is 475 g/mol. The molecule has 6 nitrogen and oxygen atoms in total. The minimum absolute atomic E-state index is 0.0295. The van der Waals surface area contributed by atoms with Gasteiger partial charge in [0, 0.05) is 56.9 Å². The van der Waals surface area contributed by atoms with Gasteiger partial charge in [-0.15, -0.1) is 0 Å². The number of halogens is 3. The number of piperazine rings is 1. The van der Waals surface area contributed by atoms with Gasteiger partial charge >= 0.3 is 6.18 Å². The Morgan fingerprint density at radius 1 is 0.853 bits per heavy atom. The largest absolute Gasteiger partial charge is 0.416 e. The topological polar surface area (TPSA) is 53.1 Å². The van der Waals surface area contributed by atoms with Gasteiger partial charge in [-0.3, -0.25) is 14.5 Å². The quantitative estimate of drug-likeness (QED) is 0.681. The number of ether oxygens (including phenoxy) is 1. The van der Waals surface area contributed by atoms with Crippen LogP contribution in [0.5, 0.6) is 0 Å². The van der Waals surface area contributed by atoms with E-state index in [-0.39, 0.29) is 23.5 Å². The number of benzene rings is 2. The predicted molar refractivity (Wildman–Crippen MR) is 121 cm³/mol. The molecule has 1 unspecified atom stereocenters. The summed E-state index contributed by atoms with van der Waals surface area (Å²) < 4.78 is 44.2. The van der Waals surface area contributed by atoms with Crippen molar-refractivity contribution in [2.45, 2.75) is 19.2 Å². The van der Waals surface area contributed by atoms with Crippen LogP contribution in [0, 0.1) is 6.92 Å². The molecule has 0 aliphatic carbocycles. The van der Waals surface area contributed by atoms with Gasteiger partial charge in [-0.2, -0.15) is 13.2 Å². The summed E-state index contributed by atoms with van der Waals surface area (Å²) in [6.07, 6.45) is -4.62. The number of morpholine rings is 1. The van der Waals surface area contributed by atoms with Gasteiger partial charge in [-0.1, -0.05) is 17.7 Å². The second-order valence-corrected chi connectivity index (χ2v) is 8.78. The first-order valence-electron chi connectivity index (χ1n) is 11.4. The lowest BCUT2D eigenvalue weighted by Crippen LogP contribution is -2.54. The highest BCUT2D eigenvalue weighted by Crippen LogP contribution is 2.29. The molecule has 2 aliphatic heterocycles. The zero-order valence-electron chi connectivity index (χ0n) is 19.1. The summed E-state index contributed by atoms with van der Waals surface area (Å²) in [6, 6.07) is 11.9. The van der Waals surface area contributed by atoms with E-state index in [4.69, 9.17) is 4.74 Å². The van der Waals surface area contributed by atoms with Crippen LogP contribution >= 0.6 is 0 Å². The second kappa shape index (κ2) is 10.1. The molecule has 0 spiro atoms. The lowest BCUT2D eigenvalue weighted by atomic mass is 10.1. The molecule has 0 N–H and O–H groups in total. The molecule has 1 atom stereocenters. The Hall–Kier alpha value is -2.91. The summed E-state index contributed by atoms with van der Waals surface area (Å²) in [5.41, 5.74) is 1.26. The maximum Gasteiger partial charge on any atom is 0.416 e. The van der Waals surface area contributed by atoms with Crippen LogP contribution in [0.1, 0.15) is 31.8 Å². The smallest absolute Gasteiger partial charge is 0.373 e. The molecule has 2 amide bonds. The summed E-state index contributed by atoms with van der Waals surface area (Å²) in [7, 11) is 0. The summed E-state index contributed by atoms with van der Waals surface area (Å²) in [5, 5.41) is 0. The molecular formula is C25H28F3N3O3. The first kappa shape index (κ1) is 24.2. The highest BCUT2D eigenvalue weighted by Gasteiger charge is 2.32. The number of hydrogen-bond acceptors (Lipinski definition) is 4. The van der Waals surface area contributed by atoms with Crippen LogP contribution in [0.2, 0.25) is 0 Å². The van der Waals surface area contributed by atoms with Gasteiger partial charge in [-0.05, 0) is 43.3 Å². The molecule has 2 saturated heterocycles. The van der Waals surface area contributed by atoms with Crippen LogP contribution in [0.3, 0.4) is 0 Å². The van der Waals surface area contributed by atoms with Crippen LogP contribution in [-0.2, 0) is 10.9 Å². The minimum atomic E-state index is -4.43. The van der Waals surface area contributed by atoms with Crippen LogP contribution in [0.25, 0.3) is 0 Å². The first-order chi connectivity index (χ1) is 16.2. The molecule has 0 saturated carbocycles. The average Bonchev–Trinajstić information content (AvgIpc) is 2.84. The summed E-state index contributed by atoms with van der Waals surface area (Å²) >= 11 is 0. The number of amides is 2. The van der Waals surface area contributed by atoms with Gasteiger partial charge in [0.15, 0.2) is 0 Å². The molecule has 182 valence electrons. The molecule has 34 heavy (non-hydrogen) atoms. The highest BCUT2D eigenvalue weighted by molar-refractivity contribution is 5.94. The Morgan fingerprint density at radius 2 is 1.41 bits per heavy atom. The summed E-state index contributed by atoms with van der Waals surface area (Å²) in [4.78, 5) is 31.2. The van der Waals surface area contributed by atoms with E-state index in [9.17, 15) is 22.8 Å². The van der Waals surface area contributed by atoms with Gasteiger partial charge in [0.05, 0.1) is 18.3 Å². The molecule has 2 aromatic rings. The third-order valence-electron chi connectivity index (χ3n) is 6.31. The van der Waals surface area contributed by atoms with Crippen molar-refractivity contribution >= 4 is 11.8 Å². The van der Waals surface area contributed by atoms with Crippen LogP contribution in [0.15, 0.2) is 48.5 Å². The van der Waals surface area contributed by atoms with E-state index in [1.807, 2.05) is 36.1 Å². The SMILES string of the molecule is Cc1ccc(C(=O)N2CCN(CC3CN(C(=O)c4ccc(C(F)(F)F)cc4)CCO3)CC2)cc1. The number of nitrogens with zero attached hydrogens (tertiary/aromatic N) is 3. The molecule has 0 aromatic heterocycles. The fraction of sp³-hybridized carbons (Fsp3) is 0.440. The van der Waals surface area contributed by atoms with Gasteiger partial charge in [0.1, 0.15) is 0 Å². The van der Waals surface area contributed by atoms with Crippen molar-refractivity contribution in [2.75, 3.05) is 52.4 Å². The fourth-order valence-corrected chi connectivity index (χ4v) is 4.30. The maximum atomic E-state index is 12.8. The summed E-state index contributed by atoms with van der Waals surface area (Å²) in [6.45, 7) is 6.43. The third kappa shape index (κ3) is 5.77. The minimum Gasteiger partial charge on any atom is -0.373 e. The number of carbonyl (C=O) groups excluding carboxylic acids is 2. The van der Waals surface area contributed by atoms with Gasteiger partial charge in [0.2, 0.25) is 0 Å². The normalized spacial score (nSPS) is 19.8. The summed E-state index contributed by atoms with van der Waals surface area (Å²) in [5.74, 6) is -0.266. The van der Waals surface area contributed by atoms with Crippen LogP contribution < -0.4 is 0 Å². The molecule has 2 aromatic carbocycles. The molecule has 9 heteroatoms. The maximum absolute atomic E-state index is 12.8. The Morgan fingerprint density at radius 3 is 2.00 bits per heavy atom. The van der Waals surface area contributed by atoms with Gasteiger partial charge in [0.25, 0.3) is 11.8 Å². The molecule has 2 fully saturated rings. The van der Waals surface area contributed by atoms with Crippen molar-refractivity contribution in [1.29, 1.82) is 0 Å². The predicted octanol–water partition coefficient (Wildman–Crippen LogP) is 3.31. The third-order valence-corrected chi connectivity index (χ3v) is 6.31. The van der Waals surface area contributed by atoms with E-state index in [0.29, 0.717) is 58.0 Å².